The molecule has 4 rings (SSSR count). The molecule has 0 amide bonds. The van der Waals surface area contributed by atoms with Gasteiger partial charge in [0.05, 0.1) is 6.10 Å². The van der Waals surface area contributed by atoms with Gasteiger partial charge in [-0.05, 0) is 80.0 Å². The molecule has 1 nitrogen and oxygen atoms in total. The lowest BCUT2D eigenvalue weighted by molar-refractivity contribution is -0.0360. The fourth-order valence-corrected chi connectivity index (χ4v) is 6.63. The molecular weight excluding hydrogens is 244 g/mol. The summed E-state index contributed by atoms with van der Waals surface area (Å²) < 4.78 is 0. The van der Waals surface area contributed by atoms with Crippen LogP contribution >= 0.6 is 0 Å². The van der Waals surface area contributed by atoms with Gasteiger partial charge in [0, 0.05) is 0 Å². The molecule has 1 heteroatoms. The number of aliphatic hydroxyl groups excluding tert-OH is 1. The third-order valence-corrected chi connectivity index (χ3v) is 7.86. The van der Waals surface area contributed by atoms with Crippen molar-refractivity contribution in [3.63, 3.8) is 0 Å². The summed E-state index contributed by atoms with van der Waals surface area (Å²) >= 11 is 0. The third kappa shape index (κ3) is 1.71. The number of hydrogen-bond acceptors (Lipinski definition) is 1. The largest absolute Gasteiger partial charge is 0.393 e. The van der Waals surface area contributed by atoms with Crippen molar-refractivity contribution in [2.45, 2.75) is 77.7 Å². The van der Waals surface area contributed by atoms with Gasteiger partial charge in [0.15, 0.2) is 0 Å². The van der Waals surface area contributed by atoms with Crippen molar-refractivity contribution >= 4 is 0 Å². The number of allylic oxidation sites excluding steroid dienone is 1. The van der Waals surface area contributed by atoms with Crippen molar-refractivity contribution in [1.82, 2.24) is 0 Å². The van der Waals surface area contributed by atoms with Crippen LogP contribution in [0, 0.1) is 28.6 Å². The first kappa shape index (κ1) is 13.4. The average Bonchev–Trinajstić information content (AvgIpc) is 2.81. The zero-order chi connectivity index (χ0) is 14.0. The lowest BCUT2D eigenvalue weighted by Gasteiger charge is -2.57. The minimum atomic E-state index is -0.0637. The topological polar surface area (TPSA) is 20.2 Å². The van der Waals surface area contributed by atoms with Gasteiger partial charge in [-0.25, -0.2) is 0 Å². The standard InChI is InChI=1S/C19H30O/c1-18-9-3-4-16(18)15-6-5-13-12-14(20)7-11-19(13,2)17(15)8-10-18/h5,14-17,20H,3-4,6-12H2,1-2H3/t14-,15-,16?,17?,18-,19-/m0/s1. The smallest absolute Gasteiger partial charge is 0.0577 e. The van der Waals surface area contributed by atoms with Gasteiger partial charge in [0.25, 0.3) is 0 Å². The molecule has 0 spiro atoms. The summed E-state index contributed by atoms with van der Waals surface area (Å²) in [6.07, 6.45) is 14.3. The number of hydrogen-bond donors (Lipinski definition) is 1. The molecule has 4 aliphatic rings. The Labute approximate surface area is 123 Å². The maximum atomic E-state index is 10.0. The number of fused-ring (bicyclic) bond motifs is 5. The average molecular weight is 274 g/mol. The van der Waals surface area contributed by atoms with Crippen LogP contribution < -0.4 is 0 Å². The molecule has 0 radical (unpaired) electrons. The van der Waals surface area contributed by atoms with Crippen LogP contribution in [0.15, 0.2) is 11.6 Å². The molecule has 3 fully saturated rings. The van der Waals surface area contributed by atoms with E-state index >= 15 is 0 Å². The second-order valence-electron chi connectivity index (χ2n) is 8.74. The van der Waals surface area contributed by atoms with Crippen molar-refractivity contribution in [2.75, 3.05) is 0 Å². The Hall–Kier alpha value is -0.300. The molecule has 3 saturated carbocycles. The van der Waals surface area contributed by atoms with Crippen molar-refractivity contribution in [3.8, 4) is 0 Å². The summed E-state index contributed by atoms with van der Waals surface area (Å²) in [6.45, 7) is 5.10. The van der Waals surface area contributed by atoms with Gasteiger partial charge in [0.1, 0.15) is 0 Å². The van der Waals surface area contributed by atoms with Crippen LogP contribution in [0.4, 0.5) is 0 Å². The first-order valence-electron chi connectivity index (χ1n) is 8.90. The highest BCUT2D eigenvalue weighted by Gasteiger charge is 2.55. The predicted molar refractivity (Wildman–Crippen MR) is 82.3 cm³/mol. The fraction of sp³-hybridized carbons (Fsp3) is 0.895. The third-order valence-electron chi connectivity index (χ3n) is 7.86. The molecule has 6 atom stereocenters. The van der Waals surface area contributed by atoms with Crippen molar-refractivity contribution in [3.05, 3.63) is 11.6 Å². The van der Waals surface area contributed by atoms with Crippen LogP contribution in [0.1, 0.15) is 71.6 Å². The highest BCUT2D eigenvalue weighted by atomic mass is 16.3. The van der Waals surface area contributed by atoms with Crippen molar-refractivity contribution in [1.29, 1.82) is 0 Å². The molecule has 0 heterocycles. The summed E-state index contributed by atoms with van der Waals surface area (Å²) in [7, 11) is 0. The van der Waals surface area contributed by atoms with Crippen LogP contribution in [0.3, 0.4) is 0 Å². The molecule has 2 unspecified atom stereocenters. The Morgan fingerprint density at radius 1 is 1.05 bits per heavy atom. The van der Waals surface area contributed by atoms with E-state index in [9.17, 15) is 5.11 Å². The second-order valence-corrected chi connectivity index (χ2v) is 8.74. The van der Waals surface area contributed by atoms with Gasteiger partial charge >= 0.3 is 0 Å². The maximum Gasteiger partial charge on any atom is 0.0577 e. The molecule has 0 aromatic rings. The SMILES string of the molecule is C[C@@]12CCCC1[C@@H]1CC=C3C[C@@H](O)CC[C@]3(C)C1CC2. The molecule has 4 aliphatic carbocycles. The lowest BCUT2D eigenvalue weighted by atomic mass is 9.48. The minimum Gasteiger partial charge on any atom is -0.393 e. The maximum absolute atomic E-state index is 10.0. The molecule has 1 N–H and O–H groups in total. The van der Waals surface area contributed by atoms with E-state index in [1.165, 1.54) is 44.9 Å². The summed E-state index contributed by atoms with van der Waals surface area (Å²) in [5.74, 6) is 2.84. The number of rotatable bonds is 0. The van der Waals surface area contributed by atoms with E-state index in [1.807, 2.05) is 0 Å². The van der Waals surface area contributed by atoms with E-state index in [4.69, 9.17) is 0 Å². The summed E-state index contributed by atoms with van der Waals surface area (Å²) in [5.41, 5.74) is 2.70. The highest BCUT2D eigenvalue weighted by molar-refractivity contribution is 5.25. The predicted octanol–water partition coefficient (Wildman–Crippen LogP) is 4.70. The first-order chi connectivity index (χ1) is 9.53. The van der Waals surface area contributed by atoms with E-state index in [-0.39, 0.29) is 6.10 Å². The Kier molecular flexibility index (Phi) is 2.91. The van der Waals surface area contributed by atoms with E-state index < -0.39 is 0 Å². The normalized spacial score (nSPS) is 54.6. The van der Waals surface area contributed by atoms with Gasteiger partial charge in [0.2, 0.25) is 0 Å². The lowest BCUT2D eigenvalue weighted by Crippen LogP contribution is -2.49. The van der Waals surface area contributed by atoms with Crippen LogP contribution in [0.5, 0.6) is 0 Å². The Bertz CT molecular complexity index is 439. The molecule has 0 aromatic carbocycles. The Morgan fingerprint density at radius 2 is 1.90 bits per heavy atom. The Balaban J connectivity index is 1.68. The molecule has 112 valence electrons. The highest BCUT2D eigenvalue weighted by Crippen LogP contribution is 2.64. The molecule has 20 heavy (non-hydrogen) atoms. The quantitative estimate of drug-likeness (QED) is 0.635. The zero-order valence-electron chi connectivity index (χ0n) is 13.2. The van der Waals surface area contributed by atoms with E-state index in [0.29, 0.717) is 10.8 Å². The van der Waals surface area contributed by atoms with Crippen LogP contribution in [0.25, 0.3) is 0 Å². The summed E-state index contributed by atoms with van der Waals surface area (Å²) in [4.78, 5) is 0. The van der Waals surface area contributed by atoms with Gasteiger partial charge in [-0.2, -0.15) is 0 Å². The van der Waals surface area contributed by atoms with Gasteiger partial charge < -0.3 is 5.11 Å². The number of aliphatic hydroxyl groups is 1. The van der Waals surface area contributed by atoms with Crippen molar-refractivity contribution in [2.24, 2.45) is 28.6 Å². The summed E-state index contributed by atoms with van der Waals surface area (Å²) in [6, 6.07) is 0. The monoisotopic (exact) mass is 274 g/mol. The first-order valence-corrected chi connectivity index (χ1v) is 8.90. The van der Waals surface area contributed by atoms with E-state index in [1.54, 1.807) is 5.57 Å². The molecular formula is C19H30O. The molecule has 0 aromatic heterocycles. The van der Waals surface area contributed by atoms with Crippen LogP contribution in [-0.2, 0) is 0 Å². The second kappa shape index (κ2) is 4.35. The van der Waals surface area contributed by atoms with E-state index in [2.05, 4.69) is 19.9 Å². The molecule has 0 saturated heterocycles. The van der Waals surface area contributed by atoms with Crippen molar-refractivity contribution < 1.29 is 5.11 Å². The fourth-order valence-electron chi connectivity index (χ4n) is 6.63. The minimum absolute atomic E-state index is 0.0637. The van der Waals surface area contributed by atoms with Crippen LogP contribution in [0.2, 0.25) is 0 Å². The van der Waals surface area contributed by atoms with Gasteiger partial charge in [-0.15, -0.1) is 0 Å². The van der Waals surface area contributed by atoms with Gasteiger partial charge in [-0.3, -0.25) is 0 Å². The summed E-state index contributed by atoms with van der Waals surface area (Å²) in [5, 5.41) is 10.0. The molecule has 0 bridgehead atoms. The van der Waals surface area contributed by atoms with E-state index in [0.717, 1.165) is 30.6 Å². The van der Waals surface area contributed by atoms with Crippen LogP contribution in [-0.4, -0.2) is 11.2 Å². The van der Waals surface area contributed by atoms with Gasteiger partial charge in [-0.1, -0.05) is 31.9 Å². The zero-order valence-corrected chi connectivity index (χ0v) is 13.2. The Morgan fingerprint density at radius 3 is 2.75 bits per heavy atom. The molecule has 0 aliphatic heterocycles.